The van der Waals surface area contributed by atoms with Crippen LogP contribution in [-0.4, -0.2) is 29.6 Å². The van der Waals surface area contributed by atoms with Gasteiger partial charge in [0.05, 0.1) is 11.1 Å². The first kappa shape index (κ1) is 20.0. The maximum atomic E-state index is 13.6. The van der Waals surface area contributed by atoms with Gasteiger partial charge in [-0.05, 0) is 43.0 Å². The molecular weight excluding hydrogens is 416 g/mol. The summed E-state index contributed by atoms with van der Waals surface area (Å²) in [7, 11) is -3.52. The minimum absolute atomic E-state index is 0.0515. The molecule has 1 saturated carbocycles. The van der Waals surface area contributed by atoms with E-state index in [-0.39, 0.29) is 22.0 Å². The van der Waals surface area contributed by atoms with Crippen molar-refractivity contribution in [3.63, 3.8) is 0 Å². The largest absolute Gasteiger partial charge is 0.506 e. The number of pyridine rings is 2. The first-order valence-corrected chi connectivity index (χ1v) is 11.9. The highest BCUT2D eigenvalue weighted by atomic mass is 32.3. The molecule has 0 bridgehead atoms. The fraction of sp³-hybridized carbons (Fsp3) is 0.318. The van der Waals surface area contributed by atoms with Gasteiger partial charge in [0.15, 0.2) is 5.84 Å². The first-order valence-electron chi connectivity index (χ1n) is 10.4. The second-order valence-electron chi connectivity index (χ2n) is 8.10. The zero-order valence-electron chi connectivity index (χ0n) is 16.9. The van der Waals surface area contributed by atoms with E-state index < -0.39 is 16.3 Å². The van der Waals surface area contributed by atoms with Crippen molar-refractivity contribution in [1.29, 1.82) is 0 Å². The van der Waals surface area contributed by atoms with E-state index in [4.69, 9.17) is 0 Å². The predicted molar refractivity (Wildman–Crippen MR) is 122 cm³/mol. The van der Waals surface area contributed by atoms with Gasteiger partial charge < -0.3 is 10.4 Å². The Bertz CT molecular complexity index is 1250. The van der Waals surface area contributed by atoms with Crippen molar-refractivity contribution in [2.24, 2.45) is 10.3 Å². The number of amidine groups is 1. The van der Waals surface area contributed by atoms with Gasteiger partial charge in [0.25, 0.3) is 5.56 Å². The summed E-state index contributed by atoms with van der Waals surface area (Å²) < 4.78 is 26.8. The molecule has 162 valence electrons. The Morgan fingerprint density at radius 1 is 1.10 bits per heavy atom. The first-order chi connectivity index (χ1) is 15.0. The highest BCUT2D eigenvalue weighted by molar-refractivity contribution is 8.23. The van der Waals surface area contributed by atoms with Crippen molar-refractivity contribution in [1.82, 2.24) is 9.55 Å². The molecule has 1 fully saturated rings. The summed E-state index contributed by atoms with van der Waals surface area (Å²) >= 11 is 0. The van der Waals surface area contributed by atoms with Gasteiger partial charge in [-0.25, -0.2) is 4.98 Å². The summed E-state index contributed by atoms with van der Waals surface area (Å²) in [5.41, 5.74) is 0.333. The maximum absolute atomic E-state index is 13.6. The van der Waals surface area contributed by atoms with Gasteiger partial charge in [-0.1, -0.05) is 42.2 Å². The van der Waals surface area contributed by atoms with E-state index in [0.29, 0.717) is 29.2 Å². The molecule has 1 aliphatic carbocycles. The van der Waals surface area contributed by atoms with E-state index in [9.17, 15) is 19.0 Å². The van der Waals surface area contributed by atoms with E-state index in [1.54, 1.807) is 47.2 Å². The SMILES string of the molecule is O=c1c(C2=NS(O)(O)c3ccccc3N2)c(O)c2cccnc2n1CC1CCCCC1. The van der Waals surface area contributed by atoms with E-state index in [0.717, 1.165) is 25.7 Å². The monoisotopic (exact) mass is 440 g/mol. The van der Waals surface area contributed by atoms with Crippen LogP contribution in [0.5, 0.6) is 5.75 Å². The van der Waals surface area contributed by atoms with Crippen molar-refractivity contribution < 1.29 is 14.2 Å². The third kappa shape index (κ3) is 3.48. The number of anilines is 1. The van der Waals surface area contributed by atoms with E-state index in [1.807, 2.05) is 0 Å². The Balaban J connectivity index is 1.69. The molecular formula is C22H24N4O4S. The van der Waals surface area contributed by atoms with Crippen molar-refractivity contribution in [3.05, 3.63) is 58.5 Å². The van der Waals surface area contributed by atoms with Crippen molar-refractivity contribution in [2.75, 3.05) is 5.32 Å². The Hall–Kier alpha value is -2.88. The molecule has 0 unspecified atom stereocenters. The van der Waals surface area contributed by atoms with Crippen LogP contribution in [0.2, 0.25) is 0 Å². The molecule has 8 nitrogen and oxygen atoms in total. The molecule has 0 radical (unpaired) electrons. The van der Waals surface area contributed by atoms with Crippen LogP contribution in [0.15, 0.2) is 56.7 Å². The third-order valence-electron chi connectivity index (χ3n) is 6.05. The quantitative estimate of drug-likeness (QED) is 0.473. The lowest BCUT2D eigenvalue weighted by Crippen LogP contribution is -2.34. The highest BCUT2D eigenvalue weighted by Gasteiger charge is 2.30. The van der Waals surface area contributed by atoms with Crippen LogP contribution in [0.1, 0.15) is 37.7 Å². The van der Waals surface area contributed by atoms with E-state index in [2.05, 4.69) is 14.7 Å². The van der Waals surface area contributed by atoms with Crippen molar-refractivity contribution in [2.45, 2.75) is 43.5 Å². The average molecular weight is 441 g/mol. The van der Waals surface area contributed by atoms with Gasteiger partial charge in [0.1, 0.15) is 21.9 Å². The van der Waals surface area contributed by atoms with Crippen LogP contribution in [0, 0.1) is 5.92 Å². The average Bonchev–Trinajstić information content (AvgIpc) is 2.77. The Morgan fingerprint density at radius 2 is 1.87 bits per heavy atom. The molecule has 1 aromatic carbocycles. The molecule has 9 heteroatoms. The Kier molecular flexibility index (Phi) is 4.96. The standard InChI is InChI=1S/C22H24N4O4S/c27-19-15-9-6-12-23-21(15)26(13-14-7-2-1-3-8-14)22(28)18(19)20-24-16-10-4-5-11-17(16)31(29,30)25-20/h4-6,9-12,14,27,29-30H,1-3,7-8,13H2,(H,24,25). The zero-order chi connectivity index (χ0) is 21.6. The number of fused-ring (bicyclic) bond motifs is 2. The zero-order valence-corrected chi connectivity index (χ0v) is 17.7. The van der Waals surface area contributed by atoms with Crippen molar-refractivity contribution >= 4 is 33.3 Å². The molecule has 2 aromatic heterocycles. The summed E-state index contributed by atoms with van der Waals surface area (Å²) in [6.45, 7) is 0.500. The van der Waals surface area contributed by atoms with Crippen LogP contribution < -0.4 is 10.9 Å². The van der Waals surface area contributed by atoms with E-state index >= 15 is 0 Å². The molecule has 0 spiro atoms. The van der Waals surface area contributed by atoms with Crippen LogP contribution >= 0.6 is 10.8 Å². The fourth-order valence-corrected chi connectivity index (χ4v) is 5.68. The van der Waals surface area contributed by atoms with Crippen LogP contribution in [0.4, 0.5) is 5.69 Å². The normalized spacial score (nSPS) is 19.4. The minimum Gasteiger partial charge on any atom is -0.506 e. The lowest BCUT2D eigenvalue weighted by atomic mass is 9.89. The third-order valence-corrected chi connectivity index (χ3v) is 7.43. The van der Waals surface area contributed by atoms with Gasteiger partial charge in [-0.2, -0.15) is 0 Å². The number of hydrogen-bond donors (Lipinski definition) is 4. The van der Waals surface area contributed by atoms with Crippen LogP contribution in [-0.2, 0) is 6.54 Å². The number of hydrogen-bond acceptors (Lipinski definition) is 7. The maximum Gasteiger partial charge on any atom is 0.267 e. The molecule has 4 N–H and O–H groups in total. The Morgan fingerprint density at radius 3 is 2.68 bits per heavy atom. The molecule has 2 aliphatic rings. The van der Waals surface area contributed by atoms with E-state index in [1.165, 1.54) is 6.42 Å². The molecule has 31 heavy (non-hydrogen) atoms. The molecule has 3 heterocycles. The van der Waals surface area contributed by atoms with Crippen molar-refractivity contribution in [3.8, 4) is 5.75 Å². The molecule has 0 amide bonds. The number of benzene rings is 1. The van der Waals surface area contributed by atoms with Gasteiger partial charge in [0, 0.05) is 12.7 Å². The Labute approximate surface area is 180 Å². The summed E-state index contributed by atoms with van der Waals surface area (Å²) in [6.07, 6.45) is 7.18. The van der Waals surface area contributed by atoms with Crippen LogP contribution in [0.3, 0.4) is 0 Å². The lowest BCUT2D eigenvalue weighted by Gasteiger charge is -2.34. The number of nitrogens with zero attached hydrogens (tertiary/aromatic N) is 3. The molecule has 5 rings (SSSR count). The number of nitrogens with one attached hydrogen (secondary N) is 1. The topological polar surface area (TPSA) is 120 Å². The van der Waals surface area contributed by atoms with Crippen LogP contribution in [0.25, 0.3) is 11.0 Å². The van der Waals surface area contributed by atoms with Gasteiger partial charge in [-0.3, -0.25) is 18.5 Å². The number of aromatic nitrogens is 2. The smallest absolute Gasteiger partial charge is 0.267 e. The predicted octanol–water partition coefficient (Wildman–Crippen LogP) is 4.58. The molecule has 0 atom stereocenters. The number of rotatable bonds is 3. The summed E-state index contributed by atoms with van der Waals surface area (Å²) in [4.78, 5) is 18.2. The second-order valence-corrected chi connectivity index (χ2v) is 9.76. The number of para-hydroxylation sites is 1. The summed E-state index contributed by atoms with van der Waals surface area (Å²) in [5, 5.41) is 14.4. The lowest BCUT2D eigenvalue weighted by molar-refractivity contribution is 0.318. The molecule has 3 aromatic rings. The van der Waals surface area contributed by atoms with Gasteiger partial charge in [0.2, 0.25) is 0 Å². The second kappa shape index (κ2) is 7.67. The highest BCUT2D eigenvalue weighted by Crippen LogP contribution is 2.55. The fourth-order valence-electron chi connectivity index (χ4n) is 4.52. The molecule has 0 saturated heterocycles. The number of aromatic hydroxyl groups is 1. The minimum atomic E-state index is -3.52. The summed E-state index contributed by atoms with van der Waals surface area (Å²) in [6, 6.07) is 10.1. The molecule has 1 aliphatic heterocycles. The summed E-state index contributed by atoms with van der Waals surface area (Å²) in [5.74, 6) is 0.0367. The van der Waals surface area contributed by atoms with Gasteiger partial charge >= 0.3 is 0 Å². The van der Waals surface area contributed by atoms with Gasteiger partial charge in [-0.15, -0.1) is 4.40 Å².